The number of hydrogen-bond donors (Lipinski definition) is 2. The largest absolute Gasteiger partial charge is 0.394 e. The molecule has 1 atom stereocenters. The van der Waals surface area contributed by atoms with Crippen molar-refractivity contribution in [2.24, 2.45) is 0 Å². The molecule has 0 saturated carbocycles. The van der Waals surface area contributed by atoms with Crippen molar-refractivity contribution >= 4 is 17.3 Å². The summed E-state index contributed by atoms with van der Waals surface area (Å²) in [6.45, 7) is 1.79. The fourth-order valence-electron chi connectivity index (χ4n) is 1.72. The van der Waals surface area contributed by atoms with Crippen LogP contribution < -0.4 is 5.32 Å². The van der Waals surface area contributed by atoms with E-state index in [9.17, 15) is 10.1 Å². The molecule has 2 aromatic rings. The summed E-state index contributed by atoms with van der Waals surface area (Å²) in [6.07, 6.45) is 2.24. The lowest BCUT2D eigenvalue weighted by Gasteiger charge is -2.12. The first-order valence-corrected chi connectivity index (χ1v) is 5.66. The molecule has 2 rings (SSSR count). The number of pyridine rings is 1. The average Bonchev–Trinajstić information content (AvgIpc) is 2.73. The topological polar surface area (TPSA) is 92.7 Å². The van der Waals surface area contributed by atoms with Gasteiger partial charge in [-0.1, -0.05) is 13.0 Å². The molecule has 96 valence electrons. The smallest absolute Gasteiger partial charge is 0.372 e. The first kappa shape index (κ1) is 12.3. The number of nitrogens with zero attached hydrogens (tertiary/aromatic N) is 3. The van der Waals surface area contributed by atoms with E-state index >= 15 is 0 Å². The number of nitro groups is 1. The Labute approximate surface area is 103 Å². The second-order valence-electron chi connectivity index (χ2n) is 3.90. The minimum atomic E-state index is -0.480. The van der Waals surface area contributed by atoms with Gasteiger partial charge in [0.2, 0.25) is 11.5 Å². The molecule has 0 fully saturated rings. The predicted molar refractivity (Wildman–Crippen MR) is 66.6 cm³/mol. The second kappa shape index (κ2) is 5.01. The van der Waals surface area contributed by atoms with Crippen molar-refractivity contribution in [3.05, 3.63) is 34.5 Å². The van der Waals surface area contributed by atoms with Crippen molar-refractivity contribution in [3.63, 3.8) is 0 Å². The Morgan fingerprint density at radius 1 is 1.61 bits per heavy atom. The van der Waals surface area contributed by atoms with E-state index in [0.717, 1.165) is 0 Å². The summed E-state index contributed by atoms with van der Waals surface area (Å²) in [5.74, 6) is 0.0737. The molecule has 2 heterocycles. The predicted octanol–water partition coefficient (Wildman–Crippen LogP) is 1.43. The van der Waals surface area contributed by atoms with Crippen LogP contribution in [0.2, 0.25) is 0 Å². The van der Waals surface area contributed by atoms with Crippen LogP contribution in [-0.4, -0.2) is 32.1 Å². The number of fused-ring (bicyclic) bond motifs is 1. The molecule has 2 aromatic heterocycles. The molecular formula is C11H14N4O3. The summed E-state index contributed by atoms with van der Waals surface area (Å²) >= 11 is 0. The lowest BCUT2D eigenvalue weighted by molar-refractivity contribution is -0.389. The Kier molecular flexibility index (Phi) is 3.42. The first-order valence-electron chi connectivity index (χ1n) is 5.66. The van der Waals surface area contributed by atoms with Crippen LogP contribution in [0.15, 0.2) is 24.4 Å². The highest BCUT2D eigenvalue weighted by Gasteiger charge is 2.23. The number of aliphatic hydroxyl groups excluding tert-OH is 1. The van der Waals surface area contributed by atoms with Gasteiger partial charge < -0.3 is 20.5 Å². The van der Waals surface area contributed by atoms with E-state index in [-0.39, 0.29) is 24.3 Å². The standard InChI is InChI=1S/C11H14N4O3/c1-2-8(7-16)12-10-11(15(17)18)14-6-4-3-5-9(14)13-10/h3-6,8,12,16H,2,7H2,1H3. The Bertz CT molecular complexity index is 562. The van der Waals surface area contributed by atoms with Crippen molar-refractivity contribution < 1.29 is 10.0 Å². The number of hydrogen-bond acceptors (Lipinski definition) is 5. The molecule has 7 nitrogen and oxygen atoms in total. The molecule has 0 aliphatic rings. The molecule has 0 amide bonds. The summed E-state index contributed by atoms with van der Waals surface area (Å²) in [4.78, 5) is 14.8. The van der Waals surface area contributed by atoms with E-state index in [2.05, 4.69) is 10.3 Å². The number of anilines is 1. The number of rotatable bonds is 5. The van der Waals surface area contributed by atoms with Gasteiger partial charge >= 0.3 is 5.82 Å². The van der Waals surface area contributed by atoms with Crippen LogP contribution in [0, 0.1) is 10.1 Å². The van der Waals surface area contributed by atoms with E-state index in [1.54, 1.807) is 24.4 Å². The molecule has 0 bridgehead atoms. The Balaban J connectivity index is 2.49. The zero-order valence-electron chi connectivity index (χ0n) is 9.91. The second-order valence-corrected chi connectivity index (χ2v) is 3.90. The molecule has 0 radical (unpaired) electrons. The third-order valence-corrected chi connectivity index (χ3v) is 2.73. The third kappa shape index (κ3) is 2.12. The van der Waals surface area contributed by atoms with Gasteiger partial charge in [-0.15, -0.1) is 0 Å². The van der Waals surface area contributed by atoms with E-state index in [1.165, 1.54) is 4.40 Å². The molecule has 0 spiro atoms. The molecule has 0 saturated heterocycles. The van der Waals surface area contributed by atoms with Gasteiger partial charge in [0.15, 0.2) is 0 Å². The summed E-state index contributed by atoms with van der Waals surface area (Å²) in [6, 6.07) is 4.92. The van der Waals surface area contributed by atoms with E-state index in [1.807, 2.05) is 6.92 Å². The molecule has 18 heavy (non-hydrogen) atoms. The maximum Gasteiger partial charge on any atom is 0.372 e. The quantitative estimate of drug-likeness (QED) is 0.618. The summed E-state index contributed by atoms with van der Waals surface area (Å²) < 4.78 is 1.41. The SMILES string of the molecule is CCC(CO)Nc1nc2ccccn2c1[N+](=O)[O-]. The van der Waals surface area contributed by atoms with E-state index in [0.29, 0.717) is 12.1 Å². The highest BCUT2D eigenvalue weighted by atomic mass is 16.6. The molecule has 0 aliphatic carbocycles. The van der Waals surface area contributed by atoms with E-state index < -0.39 is 4.92 Å². The summed E-state index contributed by atoms with van der Waals surface area (Å²) in [5, 5.41) is 23.1. The maximum atomic E-state index is 11.1. The summed E-state index contributed by atoms with van der Waals surface area (Å²) in [5.41, 5.74) is 0.500. The molecule has 1 unspecified atom stereocenters. The van der Waals surface area contributed by atoms with Gasteiger partial charge in [0, 0.05) is 6.07 Å². The number of aliphatic hydroxyl groups is 1. The summed E-state index contributed by atoms with van der Waals surface area (Å²) in [7, 11) is 0. The van der Waals surface area contributed by atoms with Gasteiger partial charge in [0.25, 0.3) is 0 Å². The van der Waals surface area contributed by atoms with Crippen LogP contribution in [0.3, 0.4) is 0 Å². The Morgan fingerprint density at radius 3 is 3.00 bits per heavy atom. The van der Waals surface area contributed by atoms with Crippen LogP contribution in [0.5, 0.6) is 0 Å². The van der Waals surface area contributed by atoms with Crippen LogP contribution >= 0.6 is 0 Å². The minimum absolute atomic E-state index is 0.0957. The highest BCUT2D eigenvalue weighted by molar-refractivity contribution is 5.62. The normalized spacial score (nSPS) is 12.6. The number of nitrogens with one attached hydrogen (secondary N) is 1. The zero-order chi connectivity index (χ0) is 13.1. The monoisotopic (exact) mass is 250 g/mol. The van der Waals surface area contributed by atoms with Gasteiger partial charge in [-0.3, -0.25) is 0 Å². The molecule has 2 N–H and O–H groups in total. The lowest BCUT2D eigenvalue weighted by atomic mass is 10.2. The van der Waals surface area contributed by atoms with Crippen LogP contribution in [0.4, 0.5) is 11.6 Å². The van der Waals surface area contributed by atoms with Crippen molar-refractivity contribution in [2.45, 2.75) is 19.4 Å². The molecule has 0 aliphatic heterocycles. The number of aromatic nitrogens is 2. The van der Waals surface area contributed by atoms with Crippen LogP contribution in [0.25, 0.3) is 5.65 Å². The molecule has 0 aromatic carbocycles. The first-order chi connectivity index (χ1) is 8.67. The third-order valence-electron chi connectivity index (χ3n) is 2.73. The average molecular weight is 250 g/mol. The van der Waals surface area contributed by atoms with Gasteiger partial charge in [-0.2, -0.15) is 9.38 Å². The van der Waals surface area contributed by atoms with Gasteiger partial charge in [0.1, 0.15) is 0 Å². The molecule has 7 heteroatoms. The fourth-order valence-corrected chi connectivity index (χ4v) is 1.72. The van der Waals surface area contributed by atoms with Crippen molar-refractivity contribution in [1.82, 2.24) is 9.38 Å². The van der Waals surface area contributed by atoms with E-state index in [4.69, 9.17) is 5.11 Å². The molecular weight excluding hydrogens is 236 g/mol. The van der Waals surface area contributed by atoms with Gasteiger partial charge in [0.05, 0.1) is 18.8 Å². The fraction of sp³-hybridized carbons (Fsp3) is 0.364. The van der Waals surface area contributed by atoms with Crippen molar-refractivity contribution in [1.29, 1.82) is 0 Å². The van der Waals surface area contributed by atoms with Gasteiger partial charge in [-0.25, -0.2) is 0 Å². The lowest BCUT2D eigenvalue weighted by Crippen LogP contribution is -2.23. The Morgan fingerprint density at radius 2 is 2.39 bits per heavy atom. The van der Waals surface area contributed by atoms with Crippen molar-refractivity contribution in [3.8, 4) is 0 Å². The zero-order valence-corrected chi connectivity index (χ0v) is 9.91. The van der Waals surface area contributed by atoms with Crippen LogP contribution in [0.1, 0.15) is 13.3 Å². The highest BCUT2D eigenvalue weighted by Crippen LogP contribution is 2.25. The maximum absolute atomic E-state index is 11.1. The van der Waals surface area contributed by atoms with Crippen molar-refractivity contribution in [2.75, 3.05) is 11.9 Å². The van der Waals surface area contributed by atoms with Gasteiger partial charge in [-0.05, 0) is 17.4 Å². The number of imidazole rings is 1. The Hall–Kier alpha value is -2.15. The van der Waals surface area contributed by atoms with Crippen LogP contribution in [-0.2, 0) is 0 Å². The minimum Gasteiger partial charge on any atom is -0.394 e.